The molecule has 7 unspecified atom stereocenters. The Morgan fingerprint density at radius 2 is 0.826 bits per heavy atom. The molecule has 0 aromatic carbocycles. The van der Waals surface area contributed by atoms with Crippen molar-refractivity contribution < 1.29 is 39.8 Å². The van der Waals surface area contributed by atoms with E-state index < -0.39 is 49.5 Å². The smallest absolute Gasteiger partial charge is 0.220 e. The first-order valence-corrected chi connectivity index (χ1v) is 29.7. The van der Waals surface area contributed by atoms with E-state index >= 15 is 0 Å². The molecule has 69 heavy (non-hydrogen) atoms. The molecule has 9 heteroatoms. The van der Waals surface area contributed by atoms with Gasteiger partial charge < -0.3 is 40.3 Å². The topological polar surface area (TPSA) is 149 Å². The molecule has 0 aromatic rings. The van der Waals surface area contributed by atoms with E-state index in [4.69, 9.17) is 9.47 Å². The number of allylic oxidation sites excluding steroid dienone is 5. The van der Waals surface area contributed by atoms with Crippen LogP contribution in [0.1, 0.15) is 284 Å². The number of ether oxygens (including phenoxy) is 2. The van der Waals surface area contributed by atoms with Gasteiger partial charge in [0.25, 0.3) is 0 Å². The van der Waals surface area contributed by atoms with Crippen LogP contribution in [0.3, 0.4) is 0 Å². The normalized spacial score (nSPS) is 19.7. The highest BCUT2D eigenvalue weighted by atomic mass is 16.7. The summed E-state index contributed by atoms with van der Waals surface area (Å²) in [5, 5.41) is 54.5. The van der Waals surface area contributed by atoms with E-state index in [0.29, 0.717) is 6.42 Å². The number of aliphatic hydroxyl groups excluding tert-OH is 5. The fourth-order valence-electron chi connectivity index (χ4n) is 9.49. The van der Waals surface area contributed by atoms with Crippen LogP contribution in [-0.4, -0.2) is 87.5 Å². The Balaban J connectivity index is 2.22. The number of carbonyl (C=O) groups is 1. The van der Waals surface area contributed by atoms with E-state index in [0.717, 1.165) is 44.9 Å². The van der Waals surface area contributed by atoms with Gasteiger partial charge in [0, 0.05) is 6.42 Å². The first-order valence-electron chi connectivity index (χ1n) is 29.7. The van der Waals surface area contributed by atoms with Crippen LogP contribution in [0.5, 0.6) is 0 Å². The second-order valence-electron chi connectivity index (χ2n) is 20.8. The molecule has 7 atom stereocenters. The molecule has 1 heterocycles. The SMILES string of the molecule is CCCCCCCCCCCC/C=C/CC/C=C/CC/C=C/C(O)C(COC1OC(CO)C(O)C(O)C1O)NC(=O)CCCCCCCCCCCCCCCCCCCCCCCCCCCC. The predicted molar refractivity (Wildman–Crippen MR) is 290 cm³/mol. The van der Waals surface area contributed by atoms with Crippen molar-refractivity contribution in [2.75, 3.05) is 13.2 Å². The Morgan fingerprint density at radius 1 is 0.478 bits per heavy atom. The maximum absolute atomic E-state index is 13.1. The van der Waals surface area contributed by atoms with Gasteiger partial charge in [-0.2, -0.15) is 0 Å². The van der Waals surface area contributed by atoms with Gasteiger partial charge in [-0.1, -0.05) is 269 Å². The summed E-state index contributed by atoms with van der Waals surface area (Å²) in [4.78, 5) is 13.1. The van der Waals surface area contributed by atoms with Crippen LogP contribution in [0.4, 0.5) is 0 Å². The lowest BCUT2D eigenvalue weighted by Crippen LogP contribution is -2.60. The van der Waals surface area contributed by atoms with Crippen LogP contribution >= 0.6 is 0 Å². The van der Waals surface area contributed by atoms with Crippen molar-refractivity contribution in [3.8, 4) is 0 Å². The van der Waals surface area contributed by atoms with Crippen LogP contribution in [0, 0.1) is 0 Å². The van der Waals surface area contributed by atoms with Gasteiger partial charge in [0.05, 0.1) is 25.4 Å². The lowest BCUT2D eigenvalue weighted by atomic mass is 9.99. The Bertz CT molecular complexity index is 1180. The maximum Gasteiger partial charge on any atom is 0.220 e. The average molecular weight is 977 g/mol. The number of unbranched alkanes of at least 4 members (excludes halogenated alkanes) is 37. The van der Waals surface area contributed by atoms with Crippen molar-refractivity contribution in [2.45, 2.75) is 326 Å². The highest BCUT2D eigenvalue weighted by molar-refractivity contribution is 5.76. The van der Waals surface area contributed by atoms with Gasteiger partial charge in [-0.25, -0.2) is 0 Å². The molecule has 0 bridgehead atoms. The molecular weight excluding hydrogens is 863 g/mol. The van der Waals surface area contributed by atoms with Crippen LogP contribution in [0.15, 0.2) is 36.5 Å². The Morgan fingerprint density at radius 3 is 1.22 bits per heavy atom. The summed E-state index contributed by atoms with van der Waals surface area (Å²) in [6.07, 6.45) is 57.9. The molecule has 1 rings (SSSR count). The summed E-state index contributed by atoms with van der Waals surface area (Å²) in [5.74, 6) is -0.185. The van der Waals surface area contributed by atoms with Gasteiger partial charge in [-0.05, 0) is 44.9 Å². The summed E-state index contributed by atoms with van der Waals surface area (Å²) >= 11 is 0. The van der Waals surface area contributed by atoms with Gasteiger partial charge >= 0.3 is 0 Å². The summed E-state index contributed by atoms with van der Waals surface area (Å²) in [5.41, 5.74) is 0. The van der Waals surface area contributed by atoms with Crippen LogP contribution in [0.2, 0.25) is 0 Å². The first kappa shape index (κ1) is 65.4. The zero-order chi connectivity index (χ0) is 50.1. The number of rotatable bonds is 51. The number of amides is 1. The molecule has 406 valence electrons. The fourth-order valence-corrected chi connectivity index (χ4v) is 9.49. The van der Waals surface area contributed by atoms with Crippen molar-refractivity contribution in [3.05, 3.63) is 36.5 Å². The summed E-state index contributed by atoms with van der Waals surface area (Å²) in [7, 11) is 0. The Labute approximate surface area is 425 Å². The van der Waals surface area contributed by atoms with E-state index in [-0.39, 0.29) is 12.5 Å². The molecule has 6 N–H and O–H groups in total. The molecule has 0 saturated carbocycles. The monoisotopic (exact) mass is 976 g/mol. The molecule has 1 fully saturated rings. The molecule has 1 saturated heterocycles. The van der Waals surface area contributed by atoms with E-state index in [1.165, 1.54) is 218 Å². The molecule has 0 aliphatic carbocycles. The third-order valence-corrected chi connectivity index (χ3v) is 14.2. The second-order valence-corrected chi connectivity index (χ2v) is 20.8. The molecule has 0 spiro atoms. The lowest BCUT2D eigenvalue weighted by Gasteiger charge is -2.40. The summed E-state index contributed by atoms with van der Waals surface area (Å²) in [6, 6.07) is -0.826. The minimum absolute atomic E-state index is 0.185. The maximum atomic E-state index is 13.1. The summed E-state index contributed by atoms with van der Waals surface area (Å²) in [6.45, 7) is 3.79. The standard InChI is InChI=1S/C60H113NO8/c1-3-5-7-9-11-13-15-17-19-21-23-25-26-27-28-29-30-32-34-36-38-40-42-44-46-48-50-56(64)61-53(52-68-60-59(67)58(66)57(65)55(51-62)69-60)54(63)49-47-45-43-41-39-37-35-33-31-24-22-20-18-16-14-12-10-8-6-4-2/h31,33,39,41,47,49,53-55,57-60,62-63,65-67H,3-30,32,34-38,40,42-46,48,50-52H2,1-2H3,(H,61,64)/b33-31+,41-39+,49-47+. The fraction of sp³-hybridized carbons (Fsp3) is 0.883. The zero-order valence-corrected chi connectivity index (χ0v) is 45.1. The van der Waals surface area contributed by atoms with Crippen molar-refractivity contribution in [1.29, 1.82) is 0 Å². The number of hydrogen-bond donors (Lipinski definition) is 6. The number of aliphatic hydroxyl groups is 5. The van der Waals surface area contributed by atoms with Crippen molar-refractivity contribution in [3.63, 3.8) is 0 Å². The van der Waals surface area contributed by atoms with Crippen molar-refractivity contribution in [2.24, 2.45) is 0 Å². The molecule has 0 aromatic heterocycles. The van der Waals surface area contributed by atoms with Gasteiger partial charge in [0.2, 0.25) is 5.91 Å². The third kappa shape index (κ3) is 39.6. The quantitative estimate of drug-likeness (QED) is 0.0261. The number of nitrogens with one attached hydrogen (secondary N) is 1. The van der Waals surface area contributed by atoms with Crippen molar-refractivity contribution in [1.82, 2.24) is 5.32 Å². The van der Waals surface area contributed by atoms with Gasteiger partial charge in [-0.15, -0.1) is 0 Å². The average Bonchev–Trinajstić information content (AvgIpc) is 3.35. The van der Waals surface area contributed by atoms with Gasteiger partial charge in [0.1, 0.15) is 24.4 Å². The number of carbonyl (C=O) groups excluding carboxylic acids is 1. The lowest BCUT2D eigenvalue weighted by molar-refractivity contribution is -0.302. The van der Waals surface area contributed by atoms with Crippen LogP contribution in [-0.2, 0) is 14.3 Å². The van der Waals surface area contributed by atoms with Crippen LogP contribution in [0.25, 0.3) is 0 Å². The Kier molecular flexibility index (Phi) is 47.4. The highest BCUT2D eigenvalue weighted by Gasteiger charge is 2.44. The van der Waals surface area contributed by atoms with E-state index in [1.54, 1.807) is 6.08 Å². The van der Waals surface area contributed by atoms with Crippen LogP contribution < -0.4 is 5.32 Å². The molecular formula is C60H113NO8. The van der Waals surface area contributed by atoms with E-state index in [2.05, 4.69) is 43.5 Å². The predicted octanol–water partition coefficient (Wildman–Crippen LogP) is 14.7. The minimum Gasteiger partial charge on any atom is -0.394 e. The molecule has 1 aliphatic rings. The highest BCUT2D eigenvalue weighted by Crippen LogP contribution is 2.23. The third-order valence-electron chi connectivity index (χ3n) is 14.2. The number of hydrogen-bond acceptors (Lipinski definition) is 8. The first-order chi connectivity index (χ1) is 33.8. The second kappa shape index (κ2) is 50.0. The Hall–Kier alpha value is -1.59. The molecule has 0 radical (unpaired) electrons. The molecule has 1 amide bonds. The molecule has 1 aliphatic heterocycles. The zero-order valence-electron chi connectivity index (χ0n) is 45.1. The van der Waals surface area contributed by atoms with E-state index in [9.17, 15) is 30.3 Å². The van der Waals surface area contributed by atoms with E-state index in [1.807, 2.05) is 6.08 Å². The van der Waals surface area contributed by atoms with Gasteiger partial charge in [-0.3, -0.25) is 4.79 Å². The molecule has 9 nitrogen and oxygen atoms in total. The largest absolute Gasteiger partial charge is 0.394 e. The van der Waals surface area contributed by atoms with Crippen molar-refractivity contribution >= 4 is 5.91 Å². The van der Waals surface area contributed by atoms with Gasteiger partial charge in [0.15, 0.2) is 6.29 Å². The summed E-state index contributed by atoms with van der Waals surface area (Å²) < 4.78 is 11.3. The minimum atomic E-state index is -1.57.